The number of nitrogens with one attached hydrogen (secondary N) is 4. The van der Waals surface area contributed by atoms with E-state index in [0.29, 0.717) is 67.6 Å². The lowest BCUT2D eigenvalue weighted by atomic mass is 9.78. The number of benzene rings is 4. The number of amides is 5. The first-order valence-corrected chi connectivity index (χ1v) is 24.8. The average molecular weight is 945 g/mol. The van der Waals surface area contributed by atoms with E-state index in [0.717, 1.165) is 66.0 Å². The van der Waals surface area contributed by atoms with E-state index in [9.17, 15) is 29.1 Å². The molecule has 6 unspecified atom stereocenters. The van der Waals surface area contributed by atoms with E-state index in [1.54, 1.807) is 36.3 Å². The van der Waals surface area contributed by atoms with Crippen molar-refractivity contribution in [3.63, 3.8) is 0 Å². The summed E-state index contributed by atoms with van der Waals surface area (Å²) in [5.74, 6) is 1.86. The van der Waals surface area contributed by atoms with Crippen molar-refractivity contribution in [1.82, 2.24) is 16.0 Å². The van der Waals surface area contributed by atoms with Gasteiger partial charge in [0.2, 0.25) is 29.5 Å². The molecule has 16 heteroatoms. The molecule has 0 aromatic heterocycles. The lowest BCUT2D eigenvalue weighted by molar-refractivity contribution is -0.131. The average Bonchev–Trinajstić information content (AvgIpc) is 3.91. The third-order valence-corrected chi connectivity index (χ3v) is 14.2. The van der Waals surface area contributed by atoms with Gasteiger partial charge >= 0.3 is 0 Å². The van der Waals surface area contributed by atoms with Crippen LogP contribution < -0.4 is 30.9 Å². The fourth-order valence-corrected chi connectivity index (χ4v) is 10.7. The molecule has 4 aromatic rings. The van der Waals surface area contributed by atoms with Crippen molar-refractivity contribution >= 4 is 58.4 Å². The number of nitrogens with zero attached hydrogens (tertiary/aromatic N) is 4. The molecule has 3 aliphatic rings. The van der Waals surface area contributed by atoms with Gasteiger partial charge in [0.05, 0.1) is 25.2 Å². The van der Waals surface area contributed by atoms with Gasteiger partial charge in [0, 0.05) is 65.5 Å². The first-order chi connectivity index (χ1) is 33.0. The summed E-state index contributed by atoms with van der Waals surface area (Å²) in [7, 11) is 1.63. The van der Waals surface area contributed by atoms with Gasteiger partial charge in [-0.15, -0.1) is 0 Å². The maximum Gasteiger partial charge on any atom is 0.242 e. The van der Waals surface area contributed by atoms with Gasteiger partial charge in [0.25, 0.3) is 0 Å². The number of thioether (sulfide) groups is 1. The van der Waals surface area contributed by atoms with E-state index in [2.05, 4.69) is 31.3 Å². The first-order valence-electron chi connectivity index (χ1n) is 23.7. The molecule has 4 aromatic carbocycles. The van der Waals surface area contributed by atoms with Crippen molar-refractivity contribution < 1.29 is 33.8 Å². The van der Waals surface area contributed by atoms with E-state index in [1.807, 2.05) is 104 Å². The van der Waals surface area contributed by atoms with Crippen LogP contribution in [0.15, 0.2) is 108 Å². The van der Waals surface area contributed by atoms with E-state index in [1.165, 1.54) is 0 Å². The van der Waals surface area contributed by atoms with Crippen LogP contribution in [-0.2, 0) is 30.4 Å². The summed E-state index contributed by atoms with van der Waals surface area (Å²) in [6, 6.07) is 31.2. The van der Waals surface area contributed by atoms with Crippen LogP contribution in [0.1, 0.15) is 107 Å². The van der Waals surface area contributed by atoms with Gasteiger partial charge in [-0.2, -0.15) is 11.8 Å². The number of fused-ring (bicyclic) bond motifs is 1. The molecule has 5 N–H and O–H groups in total. The van der Waals surface area contributed by atoms with E-state index >= 15 is 0 Å². The van der Waals surface area contributed by atoms with Crippen LogP contribution in [-0.4, -0.2) is 71.4 Å². The van der Waals surface area contributed by atoms with Gasteiger partial charge in [-0.05, 0) is 109 Å². The van der Waals surface area contributed by atoms with E-state index < -0.39 is 12.1 Å². The number of azide groups is 1. The van der Waals surface area contributed by atoms with Gasteiger partial charge in [-0.1, -0.05) is 92.1 Å². The number of ether oxygens (including phenoxy) is 1. The van der Waals surface area contributed by atoms with Crippen molar-refractivity contribution in [1.29, 1.82) is 0 Å². The van der Waals surface area contributed by atoms with E-state index in [4.69, 9.17) is 10.3 Å². The number of aliphatic hydroxyl groups is 1. The van der Waals surface area contributed by atoms with Crippen molar-refractivity contribution in [3.8, 4) is 5.75 Å². The minimum absolute atomic E-state index is 0.0200. The molecule has 68 heavy (non-hydrogen) atoms. The first kappa shape index (κ1) is 51.0. The Kier molecular flexibility index (Phi) is 19.3. The van der Waals surface area contributed by atoms with Gasteiger partial charge in [0.15, 0.2) is 0 Å². The highest BCUT2D eigenvalue weighted by molar-refractivity contribution is 8.00. The Morgan fingerprint density at radius 1 is 0.912 bits per heavy atom. The number of aliphatic hydroxyl groups excluding tert-OH is 1. The summed E-state index contributed by atoms with van der Waals surface area (Å²) in [4.78, 5) is 66.6. The highest BCUT2D eigenvalue weighted by Gasteiger charge is 2.48. The molecule has 0 radical (unpaired) electrons. The molecule has 5 amide bonds. The quantitative estimate of drug-likeness (QED) is 0.0168. The highest BCUT2D eigenvalue weighted by atomic mass is 32.2. The number of carbonyl (C=O) groups is 5. The summed E-state index contributed by atoms with van der Waals surface area (Å²) in [6.45, 7) is 4.50. The summed E-state index contributed by atoms with van der Waals surface area (Å²) in [5.41, 5.74) is 13.3. The van der Waals surface area contributed by atoms with E-state index in [-0.39, 0.29) is 47.5 Å². The molecule has 3 saturated heterocycles. The monoisotopic (exact) mass is 944 g/mol. The fourth-order valence-electron chi connectivity index (χ4n) is 9.00. The van der Waals surface area contributed by atoms with Crippen LogP contribution in [0.25, 0.3) is 10.4 Å². The maximum absolute atomic E-state index is 13.3. The Morgan fingerprint density at radius 3 is 2.32 bits per heavy atom. The number of methoxy groups -OCH3 is 1. The number of hydrogen-bond acceptors (Lipinski definition) is 9. The van der Waals surface area contributed by atoms with Crippen molar-refractivity contribution in [2.24, 2.45) is 17.0 Å². The number of rotatable bonds is 22. The highest BCUT2D eigenvalue weighted by Crippen LogP contribution is 2.47. The smallest absolute Gasteiger partial charge is 0.242 e. The zero-order valence-corrected chi connectivity index (χ0v) is 40.0. The number of anilines is 2. The minimum Gasteiger partial charge on any atom is -0.497 e. The van der Waals surface area contributed by atoms with Crippen LogP contribution in [0, 0.1) is 11.8 Å². The lowest BCUT2D eigenvalue weighted by Gasteiger charge is -2.48. The Morgan fingerprint density at radius 2 is 1.65 bits per heavy atom. The second-order valence-corrected chi connectivity index (χ2v) is 18.8. The summed E-state index contributed by atoms with van der Waals surface area (Å²) < 4.78 is 5.30. The molecule has 3 aliphatic heterocycles. The molecule has 7 rings (SSSR count). The van der Waals surface area contributed by atoms with Crippen LogP contribution in [0.2, 0.25) is 0 Å². The van der Waals surface area contributed by atoms with Gasteiger partial charge in [-0.25, -0.2) is 0 Å². The van der Waals surface area contributed by atoms with Crippen molar-refractivity contribution in [2.45, 2.75) is 114 Å². The molecule has 0 bridgehead atoms. The maximum atomic E-state index is 13.3. The number of unbranched alkanes of at least 4 members (excludes halogenated alkanes) is 1. The summed E-state index contributed by atoms with van der Waals surface area (Å²) >= 11 is 1.93. The Hall–Kier alpha value is -6.35. The third kappa shape index (κ3) is 14.1. The predicted molar refractivity (Wildman–Crippen MR) is 266 cm³/mol. The largest absolute Gasteiger partial charge is 0.497 e. The SMILES string of the molecule is CCCC(=O)Nc1ccc(N2C(=O)C(CC[C@H](O)c3ccccc3)C2c2ccc(OC)cc2)cc1.CCCNC(=O)C(Cc1ccc(N=[N+]=[N-])cc1)NC(=O)CCCCC1SCC2CC(=O)NC21. The molecule has 7 atom stereocenters. The minimum atomic E-state index is -0.658. The zero-order chi connectivity index (χ0) is 48.4. The Balaban J connectivity index is 0.000000224. The second-order valence-electron chi connectivity index (χ2n) is 17.5. The van der Waals surface area contributed by atoms with Crippen LogP contribution in [0.3, 0.4) is 0 Å². The van der Waals surface area contributed by atoms with Gasteiger partial charge in [-0.3, -0.25) is 24.0 Å². The summed E-state index contributed by atoms with van der Waals surface area (Å²) in [6.07, 6.45) is 6.56. The summed E-state index contributed by atoms with van der Waals surface area (Å²) in [5, 5.41) is 26.4. The molecule has 0 spiro atoms. The molecule has 3 heterocycles. The van der Waals surface area contributed by atoms with Gasteiger partial charge in [0.1, 0.15) is 11.8 Å². The van der Waals surface area contributed by atoms with Gasteiger partial charge < -0.3 is 36.0 Å². The van der Waals surface area contributed by atoms with Crippen molar-refractivity contribution in [3.05, 3.63) is 130 Å². The number of hydrogen-bond donors (Lipinski definition) is 5. The number of β-lactam (4-membered cyclic amide) rings is 1. The van der Waals surface area contributed by atoms with Crippen LogP contribution >= 0.6 is 11.8 Å². The third-order valence-electron chi connectivity index (χ3n) is 12.6. The molecule has 360 valence electrons. The normalized spacial score (nSPS) is 20.0. The Bertz CT molecular complexity index is 2350. The second kappa shape index (κ2) is 25.7. The molecule has 15 nitrogen and oxygen atoms in total. The molecule has 3 fully saturated rings. The standard InChI is InChI=1S/C29H32N2O4.C23H32N6O3S/c1-3-7-27(33)30-22-12-14-23(15-13-22)31-28(21-10-16-24(35-2)17-11-21)25(29(31)34)18-19-26(32)20-8-5-4-6-9-20;1-2-11-25-23(32)18(12-15-7-9-17(10-8-15)28-29-24)26-20(30)6-4-3-5-19-22-16(14-33-19)13-21(31)27-22/h4-6,8-17,25-26,28,32H,3,7,18-19H2,1-2H3,(H,30,33);7-10,16,18-19,22H,2-6,11-14H2,1H3,(H,25,32)(H,26,30)(H,27,31)/t25?,26-,28?;/m0./s1. The van der Waals surface area contributed by atoms with Crippen LogP contribution in [0.5, 0.6) is 5.75 Å². The molecular formula is C52H64N8O7S. The zero-order valence-electron chi connectivity index (χ0n) is 39.1. The van der Waals surface area contributed by atoms with Crippen LogP contribution in [0.4, 0.5) is 17.1 Å². The molecule has 0 saturated carbocycles. The molecule has 0 aliphatic carbocycles. The Labute approximate surface area is 403 Å². The number of carbonyl (C=O) groups excluding carboxylic acids is 5. The topological polar surface area (TPSA) is 215 Å². The molecular weight excluding hydrogens is 881 g/mol. The van der Waals surface area contributed by atoms with Crippen molar-refractivity contribution in [2.75, 3.05) is 29.6 Å². The lowest BCUT2D eigenvalue weighted by Crippen LogP contribution is -2.55. The fraction of sp³-hybridized carbons (Fsp3) is 0.442. The predicted octanol–water partition coefficient (Wildman–Crippen LogP) is 9.01.